The largest absolute Gasteiger partial charge is 0.472 e. The molecular formula is C53H96NO8P. The van der Waals surface area contributed by atoms with Crippen LogP contribution in [0.15, 0.2) is 60.8 Å². The highest BCUT2D eigenvalue weighted by molar-refractivity contribution is 7.47. The highest BCUT2D eigenvalue weighted by atomic mass is 31.2. The molecule has 0 heterocycles. The van der Waals surface area contributed by atoms with E-state index in [0.29, 0.717) is 6.42 Å². The number of allylic oxidation sites excluding steroid dienone is 10. The Morgan fingerprint density at radius 3 is 1.30 bits per heavy atom. The van der Waals surface area contributed by atoms with E-state index in [0.717, 1.165) is 70.6 Å². The number of rotatable bonds is 48. The molecule has 63 heavy (non-hydrogen) atoms. The van der Waals surface area contributed by atoms with Gasteiger partial charge in [-0.2, -0.15) is 0 Å². The van der Waals surface area contributed by atoms with Crippen LogP contribution in [-0.2, 0) is 32.7 Å². The van der Waals surface area contributed by atoms with Gasteiger partial charge in [-0.3, -0.25) is 18.6 Å². The van der Waals surface area contributed by atoms with Gasteiger partial charge in [-0.15, -0.1) is 0 Å². The van der Waals surface area contributed by atoms with E-state index in [2.05, 4.69) is 74.6 Å². The highest BCUT2D eigenvalue weighted by Crippen LogP contribution is 2.43. The lowest BCUT2D eigenvalue weighted by Gasteiger charge is -2.19. The van der Waals surface area contributed by atoms with Crippen LogP contribution < -0.4 is 5.73 Å². The first kappa shape index (κ1) is 60.7. The van der Waals surface area contributed by atoms with E-state index in [1.807, 2.05) is 0 Å². The third-order valence-electron chi connectivity index (χ3n) is 10.9. The average Bonchev–Trinajstić information content (AvgIpc) is 3.27. The summed E-state index contributed by atoms with van der Waals surface area (Å²) in [5, 5.41) is 0. The Kier molecular flexibility index (Phi) is 47.4. The van der Waals surface area contributed by atoms with Gasteiger partial charge in [-0.05, 0) is 77.0 Å². The maximum Gasteiger partial charge on any atom is 0.472 e. The van der Waals surface area contributed by atoms with Crippen molar-refractivity contribution >= 4 is 19.8 Å². The summed E-state index contributed by atoms with van der Waals surface area (Å²) in [5.41, 5.74) is 5.37. The zero-order valence-electron chi connectivity index (χ0n) is 40.6. The Hall–Kier alpha value is -2.29. The van der Waals surface area contributed by atoms with Gasteiger partial charge in [-0.1, -0.05) is 203 Å². The lowest BCUT2D eigenvalue weighted by Crippen LogP contribution is -2.29. The fraction of sp³-hybridized carbons (Fsp3) is 0.774. The molecule has 3 N–H and O–H groups in total. The van der Waals surface area contributed by atoms with Crippen LogP contribution in [0.3, 0.4) is 0 Å². The molecule has 0 saturated heterocycles. The van der Waals surface area contributed by atoms with Crippen LogP contribution in [0.4, 0.5) is 0 Å². The summed E-state index contributed by atoms with van der Waals surface area (Å²) in [6.07, 6.45) is 59.7. The van der Waals surface area contributed by atoms with E-state index in [4.69, 9.17) is 24.3 Å². The molecular weight excluding hydrogens is 810 g/mol. The number of carbonyl (C=O) groups excluding carboxylic acids is 2. The van der Waals surface area contributed by atoms with E-state index in [-0.39, 0.29) is 38.6 Å². The summed E-state index contributed by atoms with van der Waals surface area (Å²) in [6, 6.07) is 0. The number of nitrogens with two attached hydrogens (primary N) is 1. The fourth-order valence-electron chi connectivity index (χ4n) is 7.09. The van der Waals surface area contributed by atoms with E-state index < -0.39 is 26.5 Å². The number of hydrogen-bond donors (Lipinski definition) is 2. The summed E-state index contributed by atoms with van der Waals surface area (Å²) in [4.78, 5) is 35.0. The third kappa shape index (κ3) is 49.0. The second kappa shape index (κ2) is 49.2. The number of carbonyl (C=O) groups is 2. The molecule has 0 aliphatic carbocycles. The van der Waals surface area contributed by atoms with Gasteiger partial charge in [0.05, 0.1) is 13.2 Å². The first-order chi connectivity index (χ1) is 30.8. The van der Waals surface area contributed by atoms with Crippen molar-refractivity contribution in [1.82, 2.24) is 0 Å². The van der Waals surface area contributed by atoms with Crippen molar-refractivity contribution in [3.05, 3.63) is 60.8 Å². The first-order valence-corrected chi connectivity index (χ1v) is 27.3. The second-order valence-electron chi connectivity index (χ2n) is 17.0. The molecule has 0 radical (unpaired) electrons. The Morgan fingerprint density at radius 2 is 0.873 bits per heavy atom. The molecule has 0 saturated carbocycles. The smallest absolute Gasteiger partial charge is 0.462 e. The van der Waals surface area contributed by atoms with Crippen molar-refractivity contribution in [1.29, 1.82) is 0 Å². The van der Waals surface area contributed by atoms with Crippen molar-refractivity contribution in [3.8, 4) is 0 Å². The molecule has 0 aromatic carbocycles. The second-order valence-corrected chi connectivity index (χ2v) is 18.5. The Bertz CT molecular complexity index is 1220. The number of esters is 2. The molecule has 0 amide bonds. The predicted molar refractivity (Wildman–Crippen MR) is 266 cm³/mol. The molecule has 0 aromatic heterocycles. The minimum absolute atomic E-state index is 0.0497. The maximum absolute atomic E-state index is 12.6. The molecule has 10 heteroatoms. The number of hydrogen-bond acceptors (Lipinski definition) is 8. The molecule has 2 unspecified atom stereocenters. The minimum atomic E-state index is -4.39. The number of phosphoric acid groups is 1. The van der Waals surface area contributed by atoms with Crippen LogP contribution in [0, 0.1) is 0 Å². The Labute approximate surface area is 387 Å². The lowest BCUT2D eigenvalue weighted by atomic mass is 10.0. The van der Waals surface area contributed by atoms with Crippen LogP contribution in [-0.4, -0.2) is 49.3 Å². The average molecular weight is 906 g/mol. The van der Waals surface area contributed by atoms with Crippen molar-refractivity contribution in [3.63, 3.8) is 0 Å². The number of ether oxygens (including phenoxy) is 2. The van der Waals surface area contributed by atoms with Gasteiger partial charge in [0, 0.05) is 19.4 Å². The Morgan fingerprint density at radius 1 is 0.492 bits per heavy atom. The van der Waals surface area contributed by atoms with Crippen LogP contribution in [0.2, 0.25) is 0 Å². The molecule has 9 nitrogen and oxygen atoms in total. The van der Waals surface area contributed by atoms with Gasteiger partial charge in [0.1, 0.15) is 6.61 Å². The van der Waals surface area contributed by atoms with Crippen molar-refractivity contribution in [2.75, 3.05) is 26.4 Å². The molecule has 2 atom stereocenters. The first-order valence-electron chi connectivity index (χ1n) is 25.8. The van der Waals surface area contributed by atoms with Gasteiger partial charge in [0.15, 0.2) is 6.10 Å². The number of unbranched alkanes of at least 4 members (excludes halogenated alkanes) is 25. The molecule has 0 rings (SSSR count). The summed E-state index contributed by atoms with van der Waals surface area (Å²) >= 11 is 0. The van der Waals surface area contributed by atoms with E-state index in [9.17, 15) is 19.0 Å². The highest BCUT2D eigenvalue weighted by Gasteiger charge is 2.26. The van der Waals surface area contributed by atoms with Crippen LogP contribution in [0.5, 0.6) is 0 Å². The maximum atomic E-state index is 12.6. The normalized spacial score (nSPS) is 13.7. The molecule has 0 aromatic rings. The molecule has 0 aliphatic heterocycles. The van der Waals surface area contributed by atoms with Crippen LogP contribution >= 0.6 is 7.82 Å². The summed E-state index contributed by atoms with van der Waals surface area (Å²) in [5.74, 6) is -0.837. The molecule has 0 aliphatic rings. The van der Waals surface area contributed by atoms with Crippen molar-refractivity contribution in [2.24, 2.45) is 5.73 Å². The lowest BCUT2D eigenvalue weighted by molar-refractivity contribution is -0.161. The van der Waals surface area contributed by atoms with Gasteiger partial charge in [-0.25, -0.2) is 4.57 Å². The number of phosphoric ester groups is 1. The monoisotopic (exact) mass is 906 g/mol. The van der Waals surface area contributed by atoms with E-state index >= 15 is 0 Å². The quantitative estimate of drug-likeness (QED) is 0.0265. The summed E-state index contributed by atoms with van der Waals surface area (Å²) in [6.45, 7) is 3.62. The van der Waals surface area contributed by atoms with Crippen molar-refractivity contribution in [2.45, 2.75) is 238 Å². The topological polar surface area (TPSA) is 134 Å². The van der Waals surface area contributed by atoms with Crippen LogP contribution in [0.1, 0.15) is 232 Å². The fourth-order valence-corrected chi connectivity index (χ4v) is 7.86. The standard InChI is InChI=1S/C53H96NO8P/c1-3-5-7-9-11-13-15-17-19-21-22-23-24-25-26-27-28-30-31-33-35-37-39-41-43-45-52(55)59-49-51(50-61-63(57,58)60-48-47-54)62-53(56)46-44-42-40-38-36-34-32-29-20-18-16-14-12-10-8-6-4-2/h6,8,12,14-15,17-18,20-22,51H,3-5,7,9-11,13,16,19,23-50,54H2,1-2H3,(H,57,58)/b8-6-,14-12-,17-15-,20-18-,22-21-. The van der Waals surface area contributed by atoms with Crippen molar-refractivity contribution < 1.29 is 37.6 Å². The minimum Gasteiger partial charge on any atom is -0.462 e. The predicted octanol–water partition coefficient (Wildman–Crippen LogP) is 15.6. The molecule has 0 spiro atoms. The van der Waals surface area contributed by atoms with Gasteiger partial charge in [0.25, 0.3) is 0 Å². The molecule has 0 fully saturated rings. The SMILES string of the molecule is CC/C=C\C/C=C\C/C=C\CCCCCCCCCC(=O)OC(COC(=O)CCCCCCCCCCCCCCC/C=C\C/C=C\CCCCCCC)COP(=O)(O)OCCN. The van der Waals surface area contributed by atoms with Crippen LogP contribution in [0.25, 0.3) is 0 Å². The molecule has 0 bridgehead atoms. The zero-order chi connectivity index (χ0) is 46.0. The van der Waals surface area contributed by atoms with Gasteiger partial charge in [0.2, 0.25) is 0 Å². The zero-order valence-corrected chi connectivity index (χ0v) is 41.4. The van der Waals surface area contributed by atoms with E-state index in [1.54, 1.807) is 0 Å². The molecule has 366 valence electrons. The third-order valence-corrected chi connectivity index (χ3v) is 11.9. The van der Waals surface area contributed by atoms with E-state index in [1.165, 1.54) is 128 Å². The van der Waals surface area contributed by atoms with Gasteiger partial charge < -0.3 is 20.1 Å². The Balaban J connectivity index is 4.01. The van der Waals surface area contributed by atoms with Gasteiger partial charge >= 0.3 is 19.8 Å². The summed E-state index contributed by atoms with van der Waals surface area (Å²) < 4.78 is 32.9. The summed E-state index contributed by atoms with van der Waals surface area (Å²) in [7, 11) is -4.39.